The fraction of sp³-hybridized carbons (Fsp3) is 0.188. The summed E-state index contributed by atoms with van der Waals surface area (Å²) in [6.07, 6.45) is 0. The number of hydrogen-bond acceptors (Lipinski definition) is 3. The summed E-state index contributed by atoms with van der Waals surface area (Å²) in [7, 11) is 3.25. The van der Waals surface area contributed by atoms with E-state index >= 15 is 0 Å². The van der Waals surface area contributed by atoms with Crippen molar-refractivity contribution in [2.75, 3.05) is 19.1 Å². The topological polar surface area (TPSA) is 49.8 Å². The van der Waals surface area contributed by atoms with Crippen molar-refractivity contribution in [3.63, 3.8) is 0 Å². The van der Waals surface area contributed by atoms with E-state index < -0.39 is 17.8 Å². The first kappa shape index (κ1) is 14.8. The first-order valence-corrected chi connectivity index (χ1v) is 6.38. The van der Waals surface area contributed by atoms with Crippen LogP contribution in [0.1, 0.15) is 11.6 Å². The van der Waals surface area contributed by atoms with Gasteiger partial charge in [-0.1, -0.05) is 12.1 Å². The molecule has 0 saturated heterocycles. The SMILES string of the molecule is COc1ccc(N(C)C(C(=O)O)c2ccc(F)cc2)cc1. The quantitative estimate of drug-likeness (QED) is 0.919. The zero-order valence-electron chi connectivity index (χ0n) is 11.8. The van der Waals surface area contributed by atoms with Gasteiger partial charge in [0.2, 0.25) is 0 Å². The van der Waals surface area contributed by atoms with Gasteiger partial charge < -0.3 is 14.7 Å². The van der Waals surface area contributed by atoms with Crippen molar-refractivity contribution in [1.29, 1.82) is 0 Å². The summed E-state index contributed by atoms with van der Waals surface area (Å²) >= 11 is 0. The number of hydrogen-bond donors (Lipinski definition) is 1. The summed E-state index contributed by atoms with van der Waals surface area (Å²) in [5, 5.41) is 9.47. The Bertz CT molecular complexity index is 610. The van der Waals surface area contributed by atoms with Crippen LogP contribution in [0.2, 0.25) is 0 Å². The number of rotatable bonds is 5. The maximum absolute atomic E-state index is 13.0. The summed E-state index contributed by atoms with van der Waals surface area (Å²) in [6.45, 7) is 0. The highest BCUT2D eigenvalue weighted by atomic mass is 19.1. The molecule has 1 N–H and O–H groups in total. The summed E-state index contributed by atoms with van der Waals surface area (Å²) in [5.41, 5.74) is 1.25. The average molecular weight is 289 g/mol. The van der Waals surface area contributed by atoms with E-state index in [9.17, 15) is 14.3 Å². The molecule has 2 aromatic carbocycles. The molecule has 0 aliphatic carbocycles. The molecule has 110 valence electrons. The summed E-state index contributed by atoms with van der Waals surface area (Å²) in [6, 6.07) is 11.7. The van der Waals surface area contributed by atoms with Crippen molar-refractivity contribution in [2.45, 2.75) is 6.04 Å². The fourth-order valence-corrected chi connectivity index (χ4v) is 2.14. The fourth-order valence-electron chi connectivity index (χ4n) is 2.14. The highest BCUT2D eigenvalue weighted by Gasteiger charge is 2.25. The van der Waals surface area contributed by atoms with E-state index in [1.165, 1.54) is 24.3 Å². The number of carboxylic acid groups (broad SMARTS) is 1. The standard InChI is InChI=1S/C16H16FNO3/c1-18(13-7-9-14(21-2)10-8-13)15(16(19)20)11-3-5-12(17)6-4-11/h3-10,15H,1-2H3,(H,19,20). The highest BCUT2D eigenvalue weighted by molar-refractivity contribution is 5.80. The number of halogens is 1. The van der Waals surface area contributed by atoms with Crippen LogP contribution in [0.15, 0.2) is 48.5 Å². The van der Waals surface area contributed by atoms with Crippen molar-refractivity contribution in [3.8, 4) is 5.75 Å². The van der Waals surface area contributed by atoms with Gasteiger partial charge in [-0.15, -0.1) is 0 Å². The number of likely N-dealkylation sites (N-methyl/N-ethyl adjacent to an activating group) is 1. The lowest BCUT2D eigenvalue weighted by atomic mass is 10.0. The lowest BCUT2D eigenvalue weighted by Gasteiger charge is -2.27. The second-order valence-electron chi connectivity index (χ2n) is 4.60. The van der Waals surface area contributed by atoms with Gasteiger partial charge in [0, 0.05) is 12.7 Å². The third kappa shape index (κ3) is 3.31. The molecule has 0 saturated carbocycles. The number of carbonyl (C=O) groups is 1. The van der Waals surface area contributed by atoms with E-state index in [-0.39, 0.29) is 0 Å². The van der Waals surface area contributed by atoms with Crippen LogP contribution in [-0.4, -0.2) is 25.2 Å². The highest BCUT2D eigenvalue weighted by Crippen LogP contribution is 2.27. The number of anilines is 1. The van der Waals surface area contributed by atoms with E-state index in [1.54, 1.807) is 43.3 Å². The molecule has 5 heteroatoms. The molecule has 0 radical (unpaired) electrons. The third-order valence-corrected chi connectivity index (χ3v) is 3.29. The minimum atomic E-state index is -1.00. The molecule has 0 aliphatic rings. The smallest absolute Gasteiger partial charge is 0.331 e. The Morgan fingerprint density at radius 3 is 2.19 bits per heavy atom. The average Bonchev–Trinajstić information content (AvgIpc) is 2.49. The lowest BCUT2D eigenvalue weighted by molar-refractivity contribution is -0.138. The Kier molecular flexibility index (Phi) is 4.42. The Hall–Kier alpha value is -2.56. The molecule has 4 nitrogen and oxygen atoms in total. The number of nitrogens with zero attached hydrogens (tertiary/aromatic N) is 1. The predicted molar refractivity (Wildman–Crippen MR) is 78.2 cm³/mol. The van der Waals surface area contributed by atoms with Crippen molar-refractivity contribution >= 4 is 11.7 Å². The van der Waals surface area contributed by atoms with E-state index in [0.29, 0.717) is 11.3 Å². The van der Waals surface area contributed by atoms with Crippen LogP contribution in [0.25, 0.3) is 0 Å². The van der Waals surface area contributed by atoms with Crippen molar-refractivity contribution in [2.24, 2.45) is 0 Å². The number of aliphatic carboxylic acids is 1. The van der Waals surface area contributed by atoms with Gasteiger partial charge in [-0.2, -0.15) is 0 Å². The maximum Gasteiger partial charge on any atom is 0.331 e. The van der Waals surface area contributed by atoms with Gasteiger partial charge in [0.05, 0.1) is 7.11 Å². The first-order chi connectivity index (χ1) is 10.0. The Morgan fingerprint density at radius 1 is 1.14 bits per heavy atom. The van der Waals surface area contributed by atoms with Crippen molar-refractivity contribution < 1.29 is 19.0 Å². The molecule has 1 unspecified atom stereocenters. The Morgan fingerprint density at radius 2 is 1.71 bits per heavy atom. The van der Waals surface area contributed by atoms with Gasteiger partial charge >= 0.3 is 5.97 Å². The van der Waals surface area contributed by atoms with Crippen LogP contribution in [0, 0.1) is 5.82 Å². The summed E-state index contributed by atoms with van der Waals surface area (Å²) in [5.74, 6) is -0.698. The molecular weight excluding hydrogens is 273 g/mol. The lowest BCUT2D eigenvalue weighted by Crippen LogP contribution is -2.30. The molecule has 1 atom stereocenters. The molecule has 0 bridgehead atoms. The zero-order chi connectivity index (χ0) is 15.4. The van der Waals surface area contributed by atoms with E-state index in [4.69, 9.17) is 4.74 Å². The van der Waals surface area contributed by atoms with Crippen LogP contribution in [0.5, 0.6) is 5.75 Å². The van der Waals surface area contributed by atoms with Crippen molar-refractivity contribution in [3.05, 3.63) is 59.9 Å². The van der Waals surface area contributed by atoms with Gasteiger partial charge in [-0.25, -0.2) is 9.18 Å². The summed E-state index contributed by atoms with van der Waals surface area (Å²) in [4.78, 5) is 13.2. The van der Waals surface area contributed by atoms with E-state index in [1.807, 2.05) is 0 Å². The predicted octanol–water partition coefficient (Wildman–Crippen LogP) is 3.10. The molecule has 0 aromatic heterocycles. The number of methoxy groups -OCH3 is 1. The molecule has 0 spiro atoms. The van der Waals surface area contributed by atoms with E-state index in [0.717, 1.165) is 5.69 Å². The zero-order valence-corrected chi connectivity index (χ0v) is 11.8. The Labute approximate surface area is 122 Å². The van der Waals surface area contributed by atoms with Gasteiger partial charge in [0.15, 0.2) is 6.04 Å². The van der Waals surface area contributed by atoms with Gasteiger partial charge in [0.1, 0.15) is 11.6 Å². The minimum absolute atomic E-state index is 0.394. The van der Waals surface area contributed by atoms with Crippen LogP contribution in [0.4, 0.5) is 10.1 Å². The molecule has 0 aliphatic heterocycles. The molecule has 2 rings (SSSR count). The van der Waals surface area contributed by atoms with Crippen LogP contribution in [-0.2, 0) is 4.79 Å². The van der Waals surface area contributed by atoms with Crippen molar-refractivity contribution in [1.82, 2.24) is 0 Å². The number of ether oxygens (including phenoxy) is 1. The van der Waals surface area contributed by atoms with E-state index in [2.05, 4.69) is 0 Å². The monoisotopic (exact) mass is 289 g/mol. The summed E-state index contributed by atoms with van der Waals surface area (Å²) < 4.78 is 18.1. The molecule has 0 heterocycles. The first-order valence-electron chi connectivity index (χ1n) is 6.38. The largest absolute Gasteiger partial charge is 0.497 e. The number of benzene rings is 2. The van der Waals surface area contributed by atoms with Gasteiger partial charge in [-0.3, -0.25) is 0 Å². The van der Waals surface area contributed by atoms with Crippen LogP contribution in [0.3, 0.4) is 0 Å². The molecule has 21 heavy (non-hydrogen) atoms. The molecular formula is C16H16FNO3. The number of carboxylic acids is 1. The normalized spacial score (nSPS) is 11.8. The molecule has 0 amide bonds. The van der Waals surface area contributed by atoms with Crippen LogP contribution >= 0.6 is 0 Å². The Balaban J connectivity index is 2.32. The third-order valence-electron chi connectivity index (χ3n) is 3.29. The second kappa shape index (κ2) is 6.26. The second-order valence-corrected chi connectivity index (χ2v) is 4.60. The van der Waals surface area contributed by atoms with Crippen LogP contribution < -0.4 is 9.64 Å². The maximum atomic E-state index is 13.0. The molecule has 2 aromatic rings. The van der Waals surface area contributed by atoms with Gasteiger partial charge in [0.25, 0.3) is 0 Å². The van der Waals surface area contributed by atoms with Gasteiger partial charge in [-0.05, 0) is 42.0 Å². The molecule has 0 fully saturated rings. The minimum Gasteiger partial charge on any atom is -0.497 e.